The third-order valence-electron chi connectivity index (χ3n) is 2.70. The largest absolute Gasteiger partial charge is 0.307 e. The van der Waals surface area contributed by atoms with Crippen LogP contribution in [0.1, 0.15) is 0 Å². The first kappa shape index (κ1) is 18.2. The summed E-state index contributed by atoms with van der Waals surface area (Å²) in [5.41, 5.74) is -0.207. The quantitative estimate of drug-likeness (QED) is 0.207. The number of benzene rings is 2. The van der Waals surface area contributed by atoms with Crippen molar-refractivity contribution >= 4 is 86.9 Å². The molecule has 0 unspecified atom stereocenters. The molecule has 0 amide bonds. The normalized spacial score (nSPS) is 10.9. The number of rotatable bonds is 2. The molecule has 0 radical (unpaired) electrons. The third kappa shape index (κ3) is 3.09. The van der Waals surface area contributed by atoms with E-state index in [0.29, 0.717) is 0 Å². The molecule has 0 aliphatic rings. The molecule has 0 saturated carbocycles. The van der Waals surface area contributed by atoms with E-state index in [0.717, 1.165) is 0 Å². The van der Waals surface area contributed by atoms with E-state index in [1.807, 2.05) is 0 Å². The molecule has 0 atom stereocenters. The first-order chi connectivity index (χ1) is 10.2. The van der Waals surface area contributed by atoms with E-state index in [1.165, 1.54) is 12.1 Å². The second-order valence-corrected chi connectivity index (χ2v) is 6.72. The summed E-state index contributed by atoms with van der Waals surface area (Å²) in [7, 11) is 0. The van der Waals surface area contributed by atoms with Crippen molar-refractivity contribution < 1.29 is 4.92 Å². The Kier molecular flexibility index (Phi) is 5.61. The second-order valence-electron chi connectivity index (χ2n) is 3.98. The van der Waals surface area contributed by atoms with E-state index < -0.39 is 10.6 Å². The Morgan fingerprint density at radius 3 is 1.86 bits per heavy atom. The number of hydrogen-bond acceptors (Lipinski definition) is 2. The van der Waals surface area contributed by atoms with Crippen LogP contribution in [0.5, 0.6) is 0 Å². The zero-order valence-corrected chi connectivity index (χ0v) is 15.4. The fraction of sp³-hybridized carbons (Fsp3) is 0. The first-order valence-corrected chi connectivity index (χ1v) is 7.96. The Balaban J connectivity index is 2.90. The van der Waals surface area contributed by atoms with Gasteiger partial charge in [0.1, 0.15) is 10.0 Å². The minimum absolute atomic E-state index is 0.0106. The summed E-state index contributed by atoms with van der Waals surface area (Å²) in [6.07, 6.45) is 0. The van der Waals surface area contributed by atoms with Crippen LogP contribution in [-0.4, -0.2) is 4.92 Å². The fourth-order valence-corrected chi connectivity index (χ4v) is 3.75. The highest BCUT2D eigenvalue weighted by Crippen LogP contribution is 2.49. The maximum absolute atomic E-state index is 11.1. The average molecular weight is 440 g/mol. The highest BCUT2D eigenvalue weighted by atomic mass is 35.5. The molecule has 22 heavy (non-hydrogen) atoms. The van der Waals surface area contributed by atoms with E-state index in [1.54, 1.807) is 0 Å². The first-order valence-electron chi connectivity index (χ1n) is 5.32. The van der Waals surface area contributed by atoms with Gasteiger partial charge in [-0.15, -0.1) is 0 Å². The van der Waals surface area contributed by atoms with Crippen molar-refractivity contribution in [1.29, 1.82) is 0 Å². The van der Waals surface area contributed by atoms with Gasteiger partial charge in [-0.05, 0) is 12.1 Å². The number of nitro groups is 1. The van der Waals surface area contributed by atoms with E-state index in [2.05, 4.69) is 0 Å². The van der Waals surface area contributed by atoms with Gasteiger partial charge in [-0.3, -0.25) is 10.1 Å². The number of nitro benzene ring substituents is 1. The zero-order valence-electron chi connectivity index (χ0n) is 10.1. The maximum Gasteiger partial charge on any atom is 0.307 e. The monoisotopic (exact) mass is 437 g/mol. The Hall–Kier alpha value is -0.130. The van der Waals surface area contributed by atoms with Gasteiger partial charge in [-0.2, -0.15) is 0 Å². The van der Waals surface area contributed by atoms with Crippen molar-refractivity contribution in [2.45, 2.75) is 0 Å². The van der Waals surface area contributed by atoms with Crippen LogP contribution < -0.4 is 0 Å². The van der Waals surface area contributed by atoms with E-state index in [9.17, 15) is 10.1 Å². The molecule has 0 saturated heterocycles. The van der Waals surface area contributed by atoms with Crippen LogP contribution in [0.4, 0.5) is 5.69 Å². The maximum atomic E-state index is 11.1. The molecule has 0 aliphatic carbocycles. The van der Waals surface area contributed by atoms with Crippen molar-refractivity contribution in [3.05, 3.63) is 57.4 Å². The average Bonchev–Trinajstić information content (AvgIpc) is 2.41. The molecule has 10 heteroatoms. The smallest absolute Gasteiger partial charge is 0.258 e. The van der Waals surface area contributed by atoms with Crippen molar-refractivity contribution in [2.24, 2.45) is 0 Å². The van der Waals surface area contributed by atoms with Gasteiger partial charge in [-0.1, -0.05) is 81.2 Å². The van der Waals surface area contributed by atoms with Gasteiger partial charge in [-0.25, -0.2) is 0 Å². The van der Waals surface area contributed by atoms with Gasteiger partial charge in [0.25, 0.3) is 0 Å². The van der Waals surface area contributed by atoms with Crippen LogP contribution in [0.2, 0.25) is 35.2 Å². The van der Waals surface area contributed by atoms with E-state index in [4.69, 9.17) is 81.2 Å². The van der Waals surface area contributed by atoms with Crippen LogP contribution in [-0.2, 0) is 0 Å². The van der Waals surface area contributed by atoms with Crippen LogP contribution in [0.3, 0.4) is 0 Å². The summed E-state index contributed by atoms with van der Waals surface area (Å²) < 4.78 is 0. The van der Waals surface area contributed by atoms with Crippen LogP contribution >= 0.6 is 81.2 Å². The van der Waals surface area contributed by atoms with Gasteiger partial charge in [0.05, 0.1) is 30.0 Å². The molecule has 2 aromatic carbocycles. The van der Waals surface area contributed by atoms with Crippen molar-refractivity contribution in [3.63, 3.8) is 0 Å². The highest BCUT2D eigenvalue weighted by Gasteiger charge is 2.27. The Labute approximate surface area is 159 Å². The summed E-state index contributed by atoms with van der Waals surface area (Å²) in [6, 6.07) is 2.55. The molecule has 2 aromatic rings. The number of halogens is 7. The third-order valence-corrected chi connectivity index (χ3v) is 5.41. The molecule has 0 aliphatic heterocycles. The molecule has 3 nitrogen and oxygen atoms in total. The molecule has 0 spiro atoms. The van der Waals surface area contributed by atoms with Crippen molar-refractivity contribution in [1.82, 2.24) is 0 Å². The lowest BCUT2D eigenvalue weighted by Crippen LogP contribution is -1.94. The fourth-order valence-electron chi connectivity index (χ4n) is 1.75. The van der Waals surface area contributed by atoms with E-state index in [-0.39, 0.29) is 46.3 Å². The molecular formula is C12H2Cl7NO2. The number of hydrogen-bond donors (Lipinski definition) is 0. The molecule has 0 heterocycles. The molecule has 0 aromatic heterocycles. The predicted molar refractivity (Wildman–Crippen MR) is 93.6 cm³/mol. The zero-order chi connectivity index (χ0) is 16.8. The summed E-state index contributed by atoms with van der Waals surface area (Å²) >= 11 is 41.9. The van der Waals surface area contributed by atoms with Gasteiger partial charge in [0, 0.05) is 11.1 Å². The van der Waals surface area contributed by atoms with Gasteiger partial charge < -0.3 is 0 Å². The summed E-state index contributed by atoms with van der Waals surface area (Å²) in [5.74, 6) is 0. The molecule has 0 fully saturated rings. The Bertz CT molecular complexity index is 807. The van der Waals surface area contributed by atoms with Crippen molar-refractivity contribution in [2.75, 3.05) is 0 Å². The van der Waals surface area contributed by atoms with Gasteiger partial charge >= 0.3 is 5.69 Å². The lowest BCUT2D eigenvalue weighted by molar-refractivity contribution is -0.384. The Morgan fingerprint density at radius 1 is 0.727 bits per heavy atom. The topological polar surface area (TPSA) is 43.1 Å². The highest BCUT2D eigenvalue weighted by molar-refractivity contribution is 6.53. The minimum Gasteiger partial charge on any atom is -0.258 e. The summed E-state index contributed by atoms with van der Waals surface area (Å²) in [5, 5.41) is 10.8. The molecule has 116 valence electrons. The standard InChI is InChI=1S/C12H2Cl7NO2/c13-4-2-6(15)12(20(21)22)10(18)7(4)3-1-5(14)9(17)11(19)8(3)16/h1-2H. The summed E-state index contributed by atoms with van der Waals surface area (Å²) in [4.78, 5) is 10.4. The lowest BCUT2D eigenvalue weighted by atomic mass is 10.0. The van der Waals surface area contributed by atoms with E-state index >= 15 is 0 Å². The van der Waals surface area contributed by atoms with Gasteiger partial charge in [0.2, 0.25) is 0 Å². The van der Waals surface area contributed by atoms with Gasteiger partial charge in [0.15, 0.2) is 0 Å². The summed E-state index contributed by atoms with van der Waals surface area (Å²) in [6.45, 7) is 0. The molecule has 2 rings (SSSR count). The van der Waals surface area contributed by atoms with Crippen LogP contribution in [0.25, 0.3) is 11.1 Å². The Morgan fingerprint density at radius 2 is 1.32 bits per heavy atom. The lowest BCUT2D eigenvalue weighted by Gasteiger charge is -2.13. The minimum atomic E-state index is -0.725. The second kappa shape index (κ2) is 6.78. The SMILES string of the molecule is O=[N+]([O-])c1c(Cl)cc(Cl)c(-c2cc(Cl)c(Cl)c(Cl)c2Cl)c1Cl. The molecular weight excluding hydrogens is 438 g/mol. The van der Waals surface area contributed by atoms with Crippen LogP contribution in [0.15, 0.2) is 12.1 Å². The predicted octanol–water partition coefficient (Wildman–Crippen LogP) is 7.84. The number of nitrogens with zero attached hydrogens (tertiary/aromatic N) is 1. The van der Waals surface area contributed by atoms with Crippen molar-refractivity contribution in [3.8, 4) is 11.1 Å². The molecule has 0 N–H and O–H groups in total. The molecule has 0 bridgehead atoms. The van der Waals surface area contributed by atoms with Crippen LogP contribution in [0, 0.1) is 10.1 Å².